The molecule has 0 saturated heterocycles. The van der Waals surface area contributed by atoms with Crippen LogP contribution in [0.4, 0.5) is 0 Å². The molecule has 0 radical (unpaired) electrons. The fourth-order valence-corrected chi connectivity index (χ4v) is 2.80. The predicted molar refractivity (Wildman–Crippen MR) is 82.8 cm³/mol. The van der Waals surface area contributed by atoms with Gasteiger partial charge < -0.3 is 4.98 Å². The van der Waals surface area contributed by atoms with Crippen molar-refractivity contribution in [2.24, 2.45) is 0 Å². The lowest BCUT2D eigenvalue weighted by Gasteiger charge is -2.03. The molecule has 2 heteroatoms. The lowest BCUT2D eigenvalue weighted by molar-refractivity contribution is 1.15. The minimum absolute atomic E-state index is 0.901. The van der Waals surface area contributed by atoms with Crippen molar-refractivity contribution < 1.29 is 0 Å². The second-order valence-electron chi connectivity index (χ2n) is 5.05. The zero-order valence-corrected chi connectivity index (χ0v) is 11.0. The van der Waals surface area contributed by atoms with Gasteiger partial charge in [0.1, 0.15) is 0 Å². The van der Waals surface area contributed by atoms with E-state index in [1.54, 1.807) is 0 Å². The molecule has 0 amide bonds. The second kappa shape index (κ2) is 4.49. The number of hydrogen-bond acceptors (Lipinski definition) is 1. The van der Waals surface area contributed by atoms with Gasteiger partial charge in [-0.05, 0) is 23.3 Å². The third-order valence-electron chi connectivity index (χ3n) is 3.75. The maximum Gasteiger partial charge on any atom is 0.0500 e. The van der Waals surface area contributed by atoms with Crippen LogP contribution in [0.1, 0.15) is 11.1 Å². The highest BCUT2D eigenvalue weighted by molar-refractivity contribution is 6.08. The van der Waals surface area contributed by atoms with Crippen molar-refractivity contribution in [3.05, 3.63) is 78.1 Å². The standard InChI is InChI=1S/C18H14N2/c1-2-9-17-15(7-1)16-8-3-6-14(18(16)20-17)11-13-5-4-10-19-12-13/h1-10,12,20H,11H2. The number of pyridine rings is 1. The third-order valence-corrected chi connectivity index (χ3v) is 3.75. The molecule has 0 saturated carbocycles. The molecule has 1 N–H and O–H groups in total. The summed E-state index contributed by atoms with van der Waals surface area (Å²) >= 11 is 0. The summed E-state index contributed by atoms with van der Waals surface area (Å²) in [6.07, 6.45) is 4.65. The number of benzene rings is 2. The van der Waals surface area contributed by atoms with Crippen LogP contribution in [-0.4, -0.2) is 9.97 Å². The first-order valence-corrected chi connectivity index (χ1v) is 6.79. The molecule has 2 aromatic carbocycles. The highest BCUT2D eigenvalue weighted by atomic mass is 14.7. The van der Waals surface area contributed by atoms with E-state index in [0.717, 1.165) is 6.42 Å². The van der Waals surface area contributed by atoms with Gasteiger partial charge in [-0.3, -0.25) is 4.98 Å². The molecule has 0 bridgehead atoms. The van der Waals surface area contributed by atoms with E-state index in [0.29, 0.717) is 0 Å². The van der Waals surface area contributed by atoms with Crippen LogP contribution in [0.15, 0.2) is 67.0 Å². The molecule has 4 rings (SSSR count). The first-order valence-electron chi connectivity index (χ1n) is 6.79. The van der Waals surface area contributed by atoms with Gasteiger partial charge in [-0.2, -0.15) is 0 Å². The molecule has 20 heavy (non-hydrogen) atoms. The molecule has 2 heterocycles. The van der Waals surface area contributed by atoms with Gasteiger partial charge in [-0.25, -0.2) is 0 Å². The molecular weight excluding hydrogens is 244 g/mol. The summed E-state index contributed by atoms with van der Waals surface area (Å²) < 4.78 is 0. The minimum Gasteiger partial charge on any atom is -0.354 e. The quantitative estimate of drug-likeness (QED) is 0.570. The van der Waals surface area contributed by atoms with E-state index in [9.17, 15) is 0 Å². The number of aromatic nitrogens is 2. The Morgan fingerprint density at radius 1 is 0.850 bits per heavy atom. The van der Waals surface area contributed by atoms with E-state index in [1.165, 1.54) is 32.9 Å². The minimum atomic E-state index is 0.901. The van der Waals surface area contributed by atoms with Gasteiger partial charge in [0.25, 0.3) is 0 Å². The Balaban J connectivity index is 1.91. The maximum absolute atomic E-state index is 4.19. The molecular formula is C18H14N2. The van der Waals surface area contributed by atoms with Crippen molar-refractivity contribution in [3.63, 3.8) is 0 Å². The summed E-state index contributed by atoms with van der Waals surface area (Å²) in [6, 6.07) is 19.1. The molecule has 2 aromatic heterocycles. The average Bonchev–Trinajstić information content (AvgIpc) is 2.88. The van der Waals surface area contributed by atoms with Crippen LogP contribution < -0.4 is 0 Å². The molecule has 0 aliphatic heterocycles. The van der Waals surface area contributed by atoms with Crippen LogP contribution in [0.3, 0.4) is 0 Å². The Hall–Kier alpha value is -2.61. The van der Waals surface area contributed by atoms with E-state index < -0.39 is 0 Å². The van der Waals surface area contributed by atoms with Gasteiger partial charge in [0.05, 0.1) is 5.52 Å². The number of nitrogens with one attached hydrogen (secondary N) is 1. The van der Waals surface area contributed by atoms with Gasteiger partial charge in [0, 0.05) is 35.1 Å². The van der Waals surface area contributed by atoms with Crippen LogP contribution in [0.5, 0.6) is 0 Å². The van der Waals surface area contributed by atoms with Crippen LogP contribution in [-0.2, 0) is 6.42 Å². The topological polar surface area (TPSA) is 28.7 Å². The number of H-pyrrole nitrogens is 1. The Bertz CT molecular complexity index is 876. The Labute approximate surface area is 117 Å². The van der Waals surface area contributed by atoms with Crippen LogP contribution in [0.25, 0.3) is 21.8 Å². The number of aromatic amines is 1. The zero-order chi connectivity index (χ0) is 13.4. The molecule has 0 unspecified atom stereocenters. The summed E-state index contributed by atoms with van der Waals surface area (Å²) in [4.78, 5) is 7.74. The normalized spacial score (nSPS) is 11.2. The monoisotopic (exact) mass is 258 g/mol. The Morgan fingerprint density at radius 3 is 2.65 bits per heavy atom. The predicted octanol–water partition coefficient (Wildman–Crippen LogP) is 4.31. The molecule has 0 aliphatic carbocycles. The summed E-state index contributed by atoms with van der Waals surface area (Å²) in [5, 5.41) is 2.58. The zero-order valence-electron chi connectivity index (χ0n) is 11.0. The first kappa shape index (κ1) is 11.2. The van der Waals surface area contributed by atoms with Gasteiger partial charge >= 0.3 is 0 Å². The Kier molecular flexibility index (Phi) is 2.52. The molecule has 0 spiro atoms. The highest BCUT2D eigenvalue weighted by Crippen LogP contribution is 2.28. The van der Waals surface area contributed by atoms with Crippen molar-refractivity contribution in [2.45, 2.75) is 6.42 Å². The van der Waals surface area contributed by atoms with Crippen molar-refractivity contribution in [2.75, 3.05) is 0 Å². The van der Waals surface area contributed by atoms with E-state index in [4.69, 9.17) is 0 Å². The molecule has 96 valence electrons. The molecule has 0 atom stereocenters. The van der Waals surface area contributed by atoms with Crippen LogP contribution in [0, 0.1) is 0 Å². The summed E-state index contributed by atoms with van der Waals surface area (Å²) in [7, 11) is 0. The Morgan fingerprint density at radius 2 is 1.75 bits per heavy atom. The fraction of sp³-hybridized carbons (Fsp3) is 0.0556. The van der Waals surface area contributed by atoms with Crippen molar-refractivity contribution in [3.8, 4) is 0 Å². The van der Waals surface area contributed by atoms with Gasteiger partial charge in [0.2, 0.25) is 0 Å². The van der Waals surface area contributed by atoms with Gasteiger partial charge in [-0.1, -0.05) is 42.5 Å². The second-order valence-corrected chi connectivity index (χ2v) is 5.05. The third kappa shape index (κ3) is 1.77. The molecule has 0 aliphatic rings. The van der Waals surface area contributed by atoms with E-state index in [-0.39, 0.29) is 0 Å². The maximum atomic E-state index is 4.19. The smallest absolute Gasteiger partial charge is 0.0500 e. The summed E-state index contributed by atoms with van der Waals surface area (Å²) in [5.41, 5.74) is 4.98. The van der Waals surface area contributed by atoms with Gasteiger partial charge in [0.15, 0.2) is 0 Å². The van der Waals surface area contributed by atoms with Crippen molar-refractivity contribution in [1.29, 1.82) is 0 Å². The first-order chi connectivity index (χ1) is 9.92. The van der Waals surface area contributed by atoms with E-state index >= 15 is 0 Å². The summed E-state index contributed by atoms with van der Waals surface area (Å²) in [6.45, 7) is 0. The molecule has 2 nitrogen and oxygen atoms in total. The van der Waals surface area contributed by atoms with Crippen LogP contribution in [0.2, 0.25) is 0 Å². The van der Waals surface area contributed by atoms with E-state index in [2.05, 4.69) is 58.5 Å². The SMILES string of the molecule is c1cncc(Cc2cccc3c2[nH]c2ccccc23)c1. The number of rotatable bonds is 2. The fourth-order valence-electron chi connectivity index (χ4n) is 2.80. The molecule has 0 fully saturated rings. The van der Waals surface area contributed by atoms with Crippen molar-refractivity contribution in [1.82, 2.24) is 9.97 Å². The van der Waals surface area contributed by atoms with Gasteiger partial charge in [-0.15, -0.1) is 0 Å². The largest absolute Gasteiger partial charge is 0.354 e. The van der Waals surface area contributed by atoms with Crippen molar-refractivity contribution >= 4 is 21.8 Å². The number of hydrogen-bond donors (Lipinski definition) is 1. The highest BCUT2D eigenvalue weighted by Gasteiger charge is 2.07. The number of fused-ring (bicyclic) bond motifs is 3. The number of para-hydroxylation sites is 2. The lowest BCUT2D eigenvalue weighted by Crippen LogP contribution is -1.90. The number of nitrogens with zero attached hydrogens (tertiary/aromatic N) is 1. The van der Waals surface area contributed by atoms with E-state index in [1.807, 2.05) is 18.5 Å². The average molecular weight is 258 g/mol. The molecule has 4 aromatic rings. The summed E-state index contributed by atoms with van der Waals surface area (Å²) in [5.74, 6) is 0. The lowest BCUT2D eigenvalue weighted by atomic mass is 10.0. The van der Waals surface area contributed by atoms with Crippen LogP contribution >= 0.6 is 0 Å².